The third-order valence-electron chi connectivity index (χ3n) is 4.32. The first-order chi connectivity index (χ1) is 14.2. The highest BCUT2D eigenvalue weighted by molar-refractivity contribution is 6.33. The summed E-state index contributed by atoms with van der Waals surface area (Å²) in [6.45, 7) is 0.241. The standard InChI is InChI=1S/C21H17ClF3N3O2/c22-16-9-8-15(21(23,24)25)11-18(16)27-19(29)7-4-10-28-13-26-17(12-20(28)30)14-5-2-1-3-6-14/h1-3,5-6,8-9,11-13H,4,7,10H2,(H,27,29). The van der Waals surface area contributed by atoms with Crippen molar-refractivity contribution < 1.29 is 18.0 Å². The van der Waals surface area contributed by atoms with Gasteiger partial charge in [-0.2, -0.15) is 13.2 Å². The fraction of sp³-hybridized carbons (Fsp3) is 0.190. The summed E-state index contributed by atoms with van der Waals surface area (Å²) >= 11 is 5.87. The highest BCUT2D eigenvalue weighted by Crippen LogP contribution is 2.33. The number of aryl methyl sites for hydroxylation is 1. The molecule has 3 rings (SSSR count). The zero-order valence-electron chi connectivity index (χ0n) is 15.6. The van der Waals surface area contributed by atoms with Crippen molar-refractivity contribution in [2.75, 3.05) is 5.32 Å². The number of halogens is 4. The van der Waals surface area contributed by atoms with E-state index in [-0.39, 0.29) is 29.2 Å². The summed E-state index contributed by atoms with van der Waals surface area (Å²) in [6, 6.07) is 13.4. The van der Waals surface area contributed by atoms with Gasteiger partial charge in [0.15, 0.2) is 0 Å². The second-order valence-corrected chi connectivity index (χ2v) is 6.92. The van der Waals surface area contributed by atoms with Crippen LogP contribution in [0.2, 0.25) is 5.02 Å². The third kappa shape index (κ3) is 5.48. The van der Waals surface area contributed by atoms with Crippen molar-refractivity contribution in [1.82, 2.24) is 9.55 Å². The Morgan fingerprint density at radius 3 is 2.50 bits per heavy atom. The quantitative estimate of drug-likeness (QED) is 0.592. The molecule has 0 aliphatic rings. The van der Waals surface area contributed by atoms with E-state index < -0.39 is 17.6 Å². The Morgan fingerprint density at radius 2 is 1.83 bits per heavy atom. The monoisotopic (exact) mass is 435 g/mol. The predicted octanol–water partition coefficient (Wildman–Crippen LogP) is 5.00. The number of hydrogen-bond donors (Lipinski definition) is 1. The molecule has 2 aromatic carbocycles. The number of alkyl halides is 3. The second kappa shape index (κ2) is 9.13. The van der Waals surface area contributed by atoms with E-state index in [2.05, 4.69) is 10.3 Å². The zero-order valence-corrected chi connectivity index (χ0v) is 16.4. The summed E-state index contributed by atoms with van der Waals surface area (Å²) in [5.74, 6) is -0.502. The highest BCUT2D eigenvalue weighted by atomic mass is 35.5. The molecule has 0 fully saturated rings. The van der Waals surface area contributed by atoms with Crippen LogP contribution in [0.5, 0.6) is 0 Å². The average Bonchev–Trinajstić information content (AvgIpc) is 2.70. The van der Waals surface area contributed by atoms with Gasteiger partial charge in [-0.05, 0) is 24.6 Å². The number of benzene rings is 2. The van der Waals surface area contributed by atoms with Crippen LogP contribution in [0.4, 0.5) is 18.9 Å². The molecule has 1 N–H and O–H groups in total. The van der Waals surface area contributed by atoms with Crippen LogP contribution < -0.4 is 10.9 Å². The lowest BCUT2D eigenvalue weighted by molar-refractivity contribution is -0.137. The van der Waals surface area contributed by atoms with Gasteiger partial charge in [-0.25, -0.2) is 4.98 Å². The van der Waals surface area contributed by atoms with Crippen LogP contribution in [0.1, 0.15) is 18.4 Å². The maximum Gasteiger partial charge on any atom is 0.416 e. The molecule has 156 valence electrons. The minimum atomic E-state index is -4.54. The lowest BCUT2D eigenvalue weighted by atomic mass is 10.1. The van der Waals surface area contributed by atoms with Gasteiger partial charge in [-0.3, -0.25) is 14.2 Å². The Bertz CT molecular complexity index is 1100. The Hall–Kier alpha value is -3.13. The molecule has 0 bridgehead atoms. The number of aromatic nitrogens is 2. The van der Waals surface area contributed by atoms with E-state index >= 15 is 0 Å². The lowest BCUT2D eigenvalue weighted by Gasteiger charge is -2.12. The van der Waals surface area contributed by atoms with Gasteiger partial charge < -0.3 is 5.32 Å². The largest absolute Gasteiger partial charge is 0.416 e. The summed E-state index contributed by atoms with van der Waals surface area (Å²) < 4.78 is 39.8. The number of nitrogens with one attached hydrogen (secondary N) is 1. The molecule has 0 atom stereocenters. The predicted molar refractivity (Wildman–Crippen MR) is 108 cm³/mol. The molecule has 0 radical (unpaired) electrons. The van der Waals surface area contributed by atoms with Gasteiger partial charge in [0.1, 0.15) is 0 Å². The molecule has 0 aliphatic carbocycles. The summed E-state index contributed by atoms with van der Waals surface area (Å²) in [7, 11) is 0. The summed E-state index contributed by atoms with van der Waals surface area (Å²) in [5, 5.41) is 2.39. The van der Waals surface area contributed by atoms with Crippen LogP contribution in [0, 0.1) is 0 Å². The summed E-state index contributed by atoms with van der Waals surface area (Å²) in [5.41, 5.74) is 0.0962. The molecule has 1 amide bonds. The van der Waals surface area contributed by atoms with E-state index in [4.69, 9.17) is 11.6 Å². The molecule has 5 nitrogen and oxygen atoms in total. The van der Waals surface area contributed by atoms with E-state index in [0.717, 1.165) is 23.8 Å². The molecular formula is C21H17ClF3N3O2. The fourth-order valence-corrected chi connectivity index (χ4v) is 2.95. The van der Waals surface area contributed by atoms with Gasteiger partial charge >= 0.3 is 6.18 Å². The first-order valence-electron chi connectivity index (χ1n) is 9.02. The van der Waals surface area contributed by atoms with E-state index in [1.54, 1.807) is 0 Å². The average molecular weight is 436 g/mol. The second-order valence-electron chi connectivity index (χ2n) is 6.52. The number of anilines is 1. The van der Waals surface area contributed by atoms with Crippen LogP contribution in [-0.2, 0) is 17.5 Å². The van der Waals surface area contributed by atoms with Gasteiger partial charge in [0.2, 0.25) is 5.91 Å². The molecule has 1 aromatic heterocycles. The molecule has 0 spiro atoms. The minimum Gasteiger partial charge on any atom is -0.325 e. The van der Waals surface area contributed by atoms with Gasteiger partial charge in [0.25, 0.3) is 5.56 Å². The number of carbonyl (C=O) groups excluding carboxylic acids is 1. The molecule has 0 aliphatic heterocycles. The molecule has 0 unspecified atom stereocenters. The van der Waals surface area contributed by atoms with Crippen LogP contribution in [0.15, 0.2) is 65.7 Å². The molecule has 30 heavy (non-hydrogen) atoms. The number of amides is 1. The molecule has 0 saturated carbocycles. The number of rotatable bonds is 6. The van der Waals surface area contributed by atoms with Crippen molar-refractivity contribution in [1.29, 1.82) is 0 Å². The molecule has 1 heterocycles. The van der Waals surface area contributed by atoms with Crippen molar-refractivity contribution in [3.8, 4) is 11.3 Å². The van der Waals surface area contributed by atoms with Crippen molar-refractivity contribution in [3.05, 3.63) is 81.9 Å². The maximum absolute atomic E-state index is 12.8. The smallest absolute Gasteiger partial charge is 0.325 e. The molecule has 3 aromatic rings. The first kappa shape index (κ1) is 21.6. The fourth-order valence-electron chi connectivity index (χ4n) is 2.78. The van der Waals surface area contributed by atoms with Crippen LogP contribution in [0.3, 0.4) is 0 Å². The van der Waals surface area contributed by atoms with Gasteiger partial charge in [-0.1, -0.05) is 41.9 Å². The van der Waals surface area contributed by atoms with Gasteiger partial charge in [0.05, 0.1) is 28.3 Å². The van der Waals surface area contributed by atoms with Crippen molar-refractivity contribution in [3.63, 3.8) is 0 Å². The Balaban J connectivity index is 1.58. The third-order valence-corrected chi connectivity index (χ3v) is 4.65. The van der Waals surface area contributed by atoms with E-state index in [1.165, 1.54) is 17.0 Å². The molecule has 9 heteroatoms. The van der Waals surface area contributed by atoms with E-state index in [1.807, 2.05) is 30.3 Å². The number of hydrogen-bond acceptors (Lipinski definition) is 3. The SMILES string of the molecule is O=C(CCCn1cnc(-c2ccccc2)cc1=O)Nc1cc(C(F)(F)F)ccc1Cl. The zero-order chi connectivity index (χ0) is 21.7. The van der Waals surface area contributed by atoms with Gasteiger partial charge in [-0.15, -0.1) is 0 Å². The van der Waals surface area contributed by atoms with Gasteiger partial charge in [0, 0.05) is 24.6 Å². The summed E-state index contributed by atoms with van der Waals surface area (Å²) in [4.78, 5) is 28.6. The van der Waals surface area contributed by atoms with E-state index in [9.17, 15) is 22.8 Å². The maximum atomic E-state index is 12.8. The van der Waals surface area contributed by atoms with Crippen LogP contribution >= 0.6 is 11.6 Å². The normalized spacial score (nSPS) is 11.3. The van der Waals surface area contributed by atoms with E-state index in [0.29, 0.717) is 12.1 Å². The van der Waals surface area contributed by atoms with Crippen LogP contribution in [-0.4, -0.2) is 15.5 Å². The molecular weight excluding hydrogens is 419 g/mol. The minimum absolute atomic E-state index is 0.000545. The molecule has 0 saturated heterocycles. The van der Waals surface area contributed by atoms with Crippen molar-refractivity contribution >= 4 is 23.2 Å². The van der Waals surface area contributed by atoms with Crippen molar-refractivity contribution in [2.24, 2.45) is 0 Å². The summed E-state index contributed by atoms with van der Waals surface area (Å²) in [6.07, 6.45) is -2.83. The Morgan fingerprint density at radius 1 is 1.10 bits per heavy atom. The number of nitrogens with zero attached hydrogens (tertiary/aromatic N) is 2. The first-order valence-corrected chi connectivity index (χ1v) is 9.40. The Kier molecular flexibility index (Phi) is 6.56. The van der Waals surface area contributed by atoms with Crippen molar-refractivity contribution in [2.45, 2.75) is 25.6 Å². The Labute approximate surface area is 175 Å². The highest BCUT2D eigenvalue weighted by Gasteiger charge is 2.31. The lowest BCUT2D eigenvalue weighted by Crippen LogP contribution is -2.21. The topological polar surface area (TPSA) is 64.0 Å². The van der Waals surface area contributed by atoms with Crippen LogP contribution in [0.25, 0.3) is 11.3 Å². The number of carbonyl (C=O) groups is 1.